The predicted octanol–water partition coefficient (Wildman–Crippen LogP) is 1.57. The van der Waals surface area contributed by atoms with Gasteiger partial charge < -0.3 is 5.73 Å². The summed E-state index contributed by atoms with van der Waals surface area (Å²) in [4.78, 5) is 10.8. The van der Waals surface area contributed by atoms with Crippen LogP contribution >= 0.6 is 22.6 Å². The van der Waals surface area contributed by atoms with Crippen LogP contribution in [0.15, 0.2) is 12.1 Å². The Hall–Kier alpha value is -1.09. The normalized spacial score (nSPS) is 9.31. The lowest BCUT2D eigenvalue weighted by molar-refractivity contribution is 0.1000. The van der Waals surface area contributed by atoms with Crippen molar-refractivity contribution in [3.63, 3.8) is 0 Å². The molecule has 0 aliphatic rings. The van der Waals surface area contributed by atoms with E-state index >= 15 is 0 Å². The number of halogens is 1. The van der Waals surface area contributed by atoms with E-state index in [1.807, 2.05) is 22.6 Å². The smallest absolute Gasteiger partial charge is 0.248 e. The quantitative estimate of drug-likeness (QED) is 0.796. The number of amides is 1. The number of hydrogen-bond acceptors (Lipinski definition) is 2. The predicted molar refractivity (Wildman–Crippen MR) is 57.1 cm³/mol. The Balaban J connectivity index is 3.39. The number of hydrogen-bond donors (Lipinski definition) is 1. The molecule has 0 fully saturated rings. The molecule has 0 unspecified atom stereocenters. The minimum absolute atomic E-state index is 0.445. The highest BCUT2D eigenvalue weighted by atomic mass is 127. The van der Waals surface area contributed by atoms with Crippen LogP contribution in [-0.4, -0.2) is 5.91 Å². The monoisotopic (exact) mass is 286 g/mol. The summed E-state index contributed by atoms with van der Waals surface area (Å²) in [5.74, 6) is -0.467. The largest absolute Gasteiger partial charge is 0.366 e. The number of benzene rings is 1. The molecule has 4 heteroatoms. The molecular weight excluding hydrogens is 279 g/mol. The first kappa shape index (κ1) is 9.99. The van der Waals surface area contributed by atoms with Crippen molar-refractivity contribution >= 4 is 28.5 Å². The molecule has 66 valence electrons. The third-order valence-electron chi connectivity index (χ3n) is 1.68. The molecule has 1 amide bonds. The van der Waals surface area contributed by atoms with Crippen LogP contribution in [0.2, 0.25) is 0 Å². The van der Waals surface area contributed by atoms with Crippen molar-refractivity contribution in [1.82, 2.24) is 0 Å². The number of carbonyl (C=O) groups is 1. The second-order valence-corrected chi connectivity index (χ2v) is 3.79. The van der Waals surface area contributed by atoms with Crippen molar-refractivity contribution < 1.29 is 4.79 Å². The molecule has 13 heavy (non-hydrogen) atoms. The molecule has 0 saturated heterocycles. The van der Waals surface area contributed by atoms with Gasteiger partial charge in [0.15, 0.2) is 0 Å². The highest BCUT2D eigenvalue weighted by molar-refractivity contribution is 14.1. The fourth-order valence-corrected chi connectivity index (χ4v) is 1.91. The van der Waals surface area contributed by atoms with E-state index in [4.69, 9.17) is 11.0 Å². The lowest BCUT2D eigenvalue weighted by atomic mass is 10.1. The van der Waals surface area contributed by atoms with Crippen LogP contribution in [0.25, 0.3) is 0 Å². The van der Waals surface area contributed by atoms with E-state index in [2.05, 4.69) is 6.07 Å². The number of primary amides is 1. The van der Waals surface area contributed by atoms with Crippen molar-refractivity contribution in [2.24, 2.45) is 5.73 Å². The summed E-state index contributed by atoms with van der Waals surface area (Å²) in [6.45, 7) is 1.78. The first-order chi connectivity index (χ1) is 6.06. The Bertz CT molecular complexity index is 384. The van der Waals surface area contributed by atoms with Gasteiger partial charge in [-0.15, -0.1) is 0 Å². The maximum absolute atomic E-state index is 10.8. The minimum atomic E-state index is -0.467. The number of aryl methyl sites for hydroxylation is 1. The van der Waals surface area contributed by atoms with Crippen molar-refractivity contribution in [2.45, 2.75) is 6.92 Å². The second kappa shape index (κ2) is 3.75. The van der Waals surface area contributed by atoms with Gasteiger partial charge in [-0.05, 0) is 47.2 Å². The zero-order valence-electron chi connectivity index (χ0n) is 6.97. The minimum Gasteiger partial charge on any atom is -0.366 e. The van der Waals surface area contributed by atoms with E-state index in [1.165, 1.54) is 0 Å². The number of rotatable bonds is 1. The fraction of sp³-hybridized carbons (Fsp3) is 0.111. The van der Waals surface area contributed by atoms with Crippen molar-refractivity contribution in [1.29, 1.82) is 5.26 Å². The molecule has 1 aromatic carbocycles. The summed E-state index contributed by atoms with van der Waals surface area (Å²) in [5.41, 5.74) is 6.95. The molecule has 0 aliphatic heterocycles. The number of nitrogens with zero attached hydrogens (tertiary/aromatic N) is 1. The van der Waals surface area contributed by atoms with E-state index < -0.39 is 5.91 Å². The van der Waals surface area contributed by atoms with E-state index in [-0.39, 0.29) is 0 Å². The summed E-state index contributed by atoms with van der Waals surface area (Å²) in [7, 11) is 0. The number of nitriles is 1. The highest BCUT2D eigenvalue weighted by Crippen LogP contribution is 2.17. The van der Waals surface area contributed by atoms with Gasteiger partial charge in [-0.25, -0.2) is 0 Å². The summed E-state index contributed by atoms with van der Waals surface area (Å²) in [5, 5.41) is 8.76. The van der Waals surface area contributed by atoms with E-state index in [0.29, 0.717) is 11.1 Å². The van der Waals surface area contributed by atoms with Crippen molar-refractivity contribution in [3.8, 4) is 6.07 Å². The molecule has 0 saturated carbocycles. The highest BCUT2D eigenvalue weighted by Gasteiger charge is 2.08. The molecule has 0 bridgehead atoms. The summed E-state index contributed by atoms with van der Waals surface area (Å²) in [6.07, 6.45) is 0. The fourth-order valence-electron chi connectivity index (χ4n) is 1.03. The molecule has 0 aromatic heterocycles. The molecule has 0 heterocycles. The maximum atomic E-state index is 10.8. The average Bonchev–Trinajstić information content (AvgIpc) is 2.03. The molecule has 1 rings (SSSR count). The van der Waals surface area contributed by atoms with E-state index in [1.54, 1.807) is 19.1 Å². The topological polar surface area (TPSA) is 66.9 Å². The molecule has 0 radical (unpaired) electrons. The Labute approximate surface area is 89.7 Å². The lowest BCUT2D eigenvalue weighted by Crippen LogP contribution is -2.11. The third-order valence-corrected chi connectivity index (χ3v) is 2.53. The van der Waals surface area contributed by atoms with Gasteiger partial charge in [0.1, 0.15) is 6.07 Å². The first-order valence-electron chi connectivity index (χ1n) is 3.56. The standard InChI is InChI=1S/C9H7IN2O/c1-5-2-6(9(12)13)3-8(10)7(5)4-11/h2-3H,1H3,(H2,12,13). The van der Waals surface area contributed by atoms with Gasteiger partial charge in [-0.1, -0.05) is 0 Å². The first-order valence-corrected chi connectivity index (χ1v) is 4.64. The van der Waals surface area contributed by atoms with Gasteiger partial charge in [0.2, 0.25) is 5.91 Å². The maximum Gasteiger partial charge on any atom is 0.248 e. The van der Waals surface area contributed by atoms with Crippen molar-refractivity contribution in [3.05, 3.63) is 32.4 Å². The SMILES string of the molecule is Cc1cc(C(N)=O)cc(I)c1C#N. The Morgan fingerprint density at radius 1 is 1.62 bits per heavy atom. The number of nitrogens with two attached hydrogens (primary N) is 1. The van der Waals surface area contributed by atoms with Crippen LogP contribution in [0.5, 0.6) is 0 Å². The lowest BCUT2D eigenvalue weighted by Gasteiger charge is -2.02. The molecule has 0 atom stereocenters. The Morgan fingerprint density at radius 2 is 2.23 bits per heavy atom. The van der Waals surface area contributed by atoms with Gasteiger partial charge >= 0.3 is 0 Å². The van der Waals surface area contributed by atoms with Gasteiger partial charge in [-0.3, -0.25) is 4.79 Å². The van der Waals surface area contributed by atoms with E-state index in [9.17, 15) is 4.79 Å². The van der Waals surface area contributed by atoms with Gasteiger partial charge in [0.25, 0.3) is 0 Å². The van der Waals surface area contributed by atoms with E-state index in [0.717, 1.165) is 9.13 Å². The van der Waals surface area contributed by atoms with Crippen LogP contribution in [0, 0.1) is 21.8 Å². The van der Waals surface area contributed by atoms with Crippen LogP contribution in [0.1, 0.15) is 21.5 Å². The molecule has 2 N–H and O–H groups in total. The average molecular weight is 286 g/mol. The zero-order valence-corrected chi connectivity index (χ0v) is 9.12. The van der Waals surface area contributed by atoms with Crippen molar-refractivity contribution in [2.75, 3.05) is 0 Å². The van der Waals surface area contributed by atoms with Gasteiger partial charge in [-0.2, -0.15) is 5.26 Å². The summed E-state index contributed by atoms with van der Waals surface area (Å²) >= 11 is 2.01. The summed E-state index contributed by atoms with van der Waals surface area (Å²) in [6, 6.07) is 5.32. The number of carbonyl (C=O) groups excluding carboxylic acids is 1. The summed E-state index contributed by atoms with van der Waals surface area (Å²) < 4.78 is 0.758. The molecular formula is C9H7IN2O. The third kappa shape index (κ3) is 1.98. The van der Waals surface area contributed by atoms with Gasteiger partial charge in [0.05, 0.1) is 5.56 Å². The molecule has 3 nitrogen and oxygen atoms in total. The van der Waals surface area contributed by atoms with Crippen LogP contribution in [0.3, 0.4) is 0 Å². The van der Waals surface area contributed by atoms with Crippen LogP contribution in [-0.2, 0) is 0 Å². The van der Waals surface area contributed by atoms with Gasteiger partial charge in [0, 0.05) is 9.13 Å². The molecule has 1 aromatic rings. The Kier molecular flexibility index (Phi) is 2.88. The Morgan fingerprint density at radius 3 is 2.62 bits per heavy atom. The van der Waals surface area contributed by atoms with Crippen LogP contribution < -0.4 is 5.73 Å². The van der Waals surface area contributed by atoms with Crippen LogP contribution in [0.4, 0.5) is 0 Å². The zero-order chi connectivity index (χ0) is 10.0. The second-order valence-electron chi connectivity index (χ2n) is 2.63. The molecule has 0 aliphatic carbocycles. The molecule has 0 spiro atoms.